The molecule has 1 rings (SSSR count). The minimum Gasteiger partial charge on any atom is -0.463 e. The van der Waals surface area contributed by atoms with Crippen LogP contribution in [0.25, 0.3) is 0 Å². The molecule has 0 fully saturated rings. The molecule has 0 amide bonds. The van der Waals surface area contributed by atoms with E-state index in [1.54, 1.807) is 6.92 Å². The van der Waals surface area contributed by atoms with Crippen molar-refractivity contribution >= 4 is 5.97 Å². The largest absolute Gasteiger partial charge is 0.463 e. The molecule has 0 aliphatic carbocycles. The summed E-state index contributed by atoms with van der Waals surface area (Å²) in [6.07, 6.45) is 8.80. The molecule has 1 heterocycles. The number of esters is 1. The maximum Gasteiger partial charge on any atom is 0.330 e. The van der Waals surface area contributed by atoms with Gasteiger partial charge >= 0.3 is 5.97 Å². The highest BCUT2D eigenvalue weighted by Gasteiger charge is 1.97. The van der Waals surface area contributed by atoms with E-state index in [0.717, 1.165) is 25.1 Å². The third-order valence-corrected chi connectivity index (χ3v) is 2.16. The van der Waals surface area contributed by atoms with Crippen molar-refractivity contribution < 1.29 is 9.53 Å². The Morgan fingerprint density at radius 3 is 3.00 bits per heavy atom. The van der Waals surface area contributed by atoms with Gasteiger partial charge in [0.05, 0.1) is 18.6 Å². The van der Waals surface area contributed by atoms with Crippen LogP contribution in [0.2, 0.25) is 0 Å². The van der Waals surface area contributed by atoms with E-state index >= 15 is 0 Å². The molecule has 1 aromatic rings. The summed E-state index contributed by atoms with van der Waals surface area (Å²) in [5.41, 5.74) is 1.05. The van der Waals surface area contributed by atoms with Gasteiger partial charge in [-0.2, -0.15) is 0 Å². The van der Waals surface area contributed by atoms with E-state index in [4.69, 9.17) is 4.74 Å². The number of nitrogens with zero attached hydrogens (tertiary/aromatic N) is 2. The van der Waals surface area contributed by atoms with Gasteiger partial charge in [-0.3, -0.25) is 0 Å². The highest BCUT2D eigenvalue weighted by Crippen LogP contribution is 2.01. The summed E-state index contributed by atoms with van der Waals surface area (Å²) in [5, 5.41) is 0. The smallest absolute Gasteiger partial charge is 0.330 e. The van der Waals surface area contributed by atoms with Gasteiger partial charge in [0.25, 0.3) is 0 Å². The van der Waals surface area contributed by atoms with Crippen LogP contribution in [-0.4, -0.2) is 22.1 Å². The molecule has 0 atom stereocenters. The second-order valence-electron chi connectivity index (χ2n) is 3.39. The quantitative estimate of drug-likeness (QED) is 0.546. The molecule has 4 heteroatoms. The normalized spacial score (nSPS) is 10.9. The van der Waals surface area contributed by atoms with Crippen molar-refractivity contribution in [3.63, 3.8) is 0 Å². The fraction of sp³-hybridized carbons (Fsp3) is 0.500. The fourth-order valence-corrected chi connectivity index (χ4v) is 1.31. The van der Waals surface area contributed by atoms with Crippen LogP contribution in [0, 0.1) is 0 Å². The Bertz CT molecular complexity index is 356. The van der Waals surface area contributed by atoms with Crippen LogP contribution < -0.4 is 0 Å². The van der Waals surface area contributed by atoms with Crippen LogP contribution >= 0.6 is 0 Å². The molecule has 0 N–H and O–H groups in total. The summed E-state index contributed by atoms with van der Waals surface area (Å²) < 4.78 is 6.80. The number of imidazole rings is 1. The number of carbonyl (C=O) groups excluding carboxylic acids is 1. The molecule has 4 nitrogen and oxygen atoms in total. The van der Waals surface area contributed by atoms with Crippen molar-refractivity contribution in [3.05, 3.63) is 30.4 Å². The zero-order valence-electron chi connectivity index (χ0n) is 9.85. The van der Waals surface area contributed by atoms with Crippen molar-refractivity contribution in [2.24, 2.45) is 0 Å². The Morgan fingerprint density at radius 2 is 2.38 bits per heavy atom. The maximum atomic E-state index is 11.0. The lowest BCUT2D eigenvalue weighted by Gasteiger charge is -1.94. The molecule has 0 saturated heterocycles. The van der Waals surface area contributed by atoms with E-state index in [9.17, 15) is 4.79 Å². The standard InChI is InChI=1S/C12H18N2O2/c1-3-14-9-11(13-10-14)7-5-6-8-12(15)16-4-2/h6,8-10H,3-5,7H2,1-2H3/b8-6+. The first kappa shape index (κ1) is 12.5. The third-order valence-electron chi connectivity index (χ3n) is 2.16. The zero-order valence-corrected chi connectivity index (χ0v) is 9.85. The fourth-order valence-electron chi connectivity index (χ4n) is 1.31. The van der Waals surface area contributed by atoms with Gasteiger partial charge < -0.3 is 9.30 Å². The molecular weight excluding hydrogens is 204 g/mol. The number of allylic oxidation sites excluding steroid dienone is 1. The van der Waals surface area contributed by atoms with Gasteiger partial charge in [-0.1, -0.05) is 6.08 Å². The van der Waals surface area contributed by atoms with Crippen LogP contribution in [0.1, 0.15) is 26.0 Å². The summed E-state index contributed by atoms with van der Waals surface area (Å²) in [6.45, 7) is 5.23. The van der Waals surface area contributed by atoms with Crippen molar-refractivity contribution in [3.8, 4) is 0 Å². The molecular formula is C12H18N2O2. The van der Waals surface area contributed by atoms with E-state index in [2.05, 4.69) is 11.9 Å². The number of carbonyl (C=O) groups is 1. The maximum absolute atomic E-state index is 11.0. The molecule has 0 aromatic carbocycles. The Morgan fingerprint density at radius 1 is 1.56 bits per heavy atom. The minimum atomic E-state index is -0.276. The van der Waals surface area contributed by atoms with Crippen LogP contribution in [0.5, 0.6) is 0 Å². The molecule has 0 saturated carbocycles. The number of ether oxygens (including phenoxy) is 1. The minimum absolute atomic E-state index is 0.276. The van der Waals surface area contributed by atoms with Crippen LogP contribution in [0.3, 0.4) is 0 Å². The van der Waals surface area contributed by atoms with Gasteiger partial charge in [0.15, 0.2) is 0 Å². The molecule has 1 aromatic heterocycles. The lowest BCUT2D eigenvalue weighted by atomic mass is 10.2. The van der Waals surface area contributed by atoms with Crippen LogP contribution in [0.15, 0.2) is 24.7 Å². The van der Waals surface area contributed by atoms with Crippen LogP contribution in [-0.2, 0) is 22.5 Å². The second-order valence-corrected chi connectivity index (χ2v) is 3.39. The third kappa shape index (κ3) is 4.29. The number of hydrogen-bond acceptors (Lipinski definition) is 3. The van der Waals surface area contributed by atoms with Crippen molar-refractivity contribution in [2.75, 3.05) is 6.61 Å². The Kier molecular flexibility index (Phi) is 5.32. The molecule has 0 radical (unpaired) electrons. The van der Waals surface area contributed by atoms with E-state index < -0.39 is 0 Å². The Hall–Kier alpha value is -1.58. The average Bonchev–Trinajstić information content (AvgIpc) is 2.73. The van der Waals surface area contributed by atoms with Crippen molar-refractivity contribution in [1.29, 1.82) is 0 Å². The molecule has 0 spiro atoms. The first-order valence-electron chi connectivity index (χ1n) is 5.60. The number of aryl methyl sites for hydroxylation is 2. The van der Waals surface area contributed by atoms with E-state index in [1.165, 1.54) is 6.08 Å². The molecule has 0 aliphatic rings. The molecule has 0 aliphatic heterocycles. The topological polar surface area (TPSA) is 44.1 Å². The van der Waals surface area contributed by atoms with Gasteiger partial charge in [-0.25, -0.2) is 9.78 Å². The monoisotopic (exact) mass is 222 g/mol. The lowest BCUT2D eigenvalue weighted by Crippen LogP contribution is -1.98. The summed E-state index contributed by atoms with van der Waals surface area (Å²) in [4.78, 5) is 15.2. The molecule has 16 heavy (non-hydrogen) atoms. The van der Waals surface area contributed by atoms with Gasteiger partial charge in [0, 0.05) is 18.8 Å². The van der Waals surface area contributed by atoms with E-state index in [1.807, 2.05) is 23.2 Å². The predicted molar refractivity (Wildman–Crippen MR) is 62.0 cm³/mol. The van der Waals surface area contributed by atoms with Gasteiger partial charge in [-0.05, 0) is 26.7 Å². The first-order chi connectivity index (χ1) is 7.76. The van der Waals surface area contributed by atoms with Gasteiger partial charge in [0.1, 0.15) is 0 Å². The van der Waals surface area contributed by atoms with Gasteiger partial charge in [-0.15, -0.1) is 0 Å². The second kappa shape index (κ2) is 6.82. The number of hydrogen-bond donors (Lipinski definition) is 0. The summed E-state index contributed by atoms with van der Waals surface area (Å²) in [7, 11) is 0. The summed E-state index contributed by atoms with van der Waals surface area (Å²) in [5.74, 6) is -0.276. The first-order valence-corrected chi connectivity index (χ1v) is 5.60. The summed E-state index contributed by atoms with van der Waals surface area (Å²) >= 11 is 0. The predicted octanol–water partition coefficient (Wildman–Crippen LogP) is 1.95. The Balaban J connectivity index is 2.27. The molecule has 88 valence electrons. The molecule has 0 bridgehead atoms. The molecule has 0 unspecified atom stereocenters. The highest BCUT2D eigenvalue weighted by atomic mass is 16.5. The van der Waals surface area contributed by atoms with Crippen molar-refractivity contribution in [1.82, 2.24) is 9.55 Å². The average molecular weight is 222 g/mol. The summed E-state index contributed by atoms with van der Waals surface area (Å²) in [6, 6.07) is 0. The number of aromatic nitrogens is 2. The van der Waals surface area contributed by atoms with Gasteiger partial charge in [0.2, 0.25) is 0 Å². The SMILES string of the molecule is CCOC(=O)/C=C/CCc1cn(CC)cn1. The van der Waals surface area contributed by atoms with Crippen LogP contribution in [0.4, 0.5) is 0 Å². The highest BCUT2D eigenvalue weighted by molar-refractivity contribution is 5.81. The van der Waals surface area contributed by atoms with E-state index in [-0.39, 0.29) is 5.97 Å². The Labute approximate surface area is 95.9 Å². The van der Waals surface area contributed by atoms with E-state index in [0.29, 0.717) is 6.61 Å². The number of rotatable bonds is 6. The van der Waals surface area contributed by atoms with Crippen molar-refractivity contribution in [2.45, 2.75) is 33.2 Å². The lowest BCUT2D eigenvalue weighted by molar-refractivity contribution is -0.137. The zero-order chi connectivity index (χ0) is 11.8.